The zero-order valence-corrected chi connectivity index (χ0v) is 12.8. The predicted molar refractivity (Wildman–Crippen MR) is 87.1 cm³/mol. The number of hydrogen-bond acceptors (Lipinski definition) is 3. The molecule has 4 N–H and O–H groups in total. The average molecular weight is 307 g/mol. The Balaban J connectivity index is 1.90. The minimum absolute atomic E-state index is 0.00534. The van der Waals surface area contributed by atoms with Gasteiger partial charge in [0.2, 0.25) is 0 Å². The van der Waals surface area contributed by atoms with Crippen LogP contribution in [0.5, 0.6) is 0 Å². The number of rotatable bonds is 7. The Kier molecular flexibility index (Phi) is 5.95. The Hall–Kier alpha value is -1.75. The van der Waals surface area contributed by atoms with Crippen molar-refractivity contribution in [3.05, 3.63) is 29.8 Å². The van der Waals surface area contributed by atoms with E-state index in [1.165, 1.54) is 32.1 Å². The lowest BCUT2D eigenvalue weighted by Crippen LogP contribution is -2.23. The van der Waals surface area contributed by atoms with Crippen molar-refractivity contribution in [3.63, 3.8) is 0 Å². The molecule has 0 aromatic heterocycles. The topological polar surface area (TPSA) is 81.6 Å². The monoisotopic (exact) mass is 307 g/mol. The normalized spacial score (nSPS) is 19.0. The van der Waals surface area contributed by atoms with E-state index in [-0.39, 0.29) is 13.0 Å². The van der Waals surface area contributed by atoms with Gasteiger partial charge in [0.15, 0.2) is 0 Å². The van der Waals surface area contributed by atoms with E-state index >= 15 is 0 Å². The highest BCUT2D eigenvalue weighted by atomic mass is 16.4. The van der Waals surface area contributed by atoms with Gasteiger partial charge in [-0.1, -0.05) is 31.4 Å². The van der Waals surface area contributed by atoms with Gasteiger partial charge < -0.3 is 20.8 Å². The standard InChI is InChI=1S/C17H26N2O3/c20-16(9-10-18-17(21)22)14-7-4-8-15(11-14)19-12-13-5-2-1-3-6-13/h4,7-8,11,13,16,18-20H,1-3,5-6,9-10,12H2,(H,21,22)/i16D. The van der Waals surface area contributed by atoms with Crippen molar-refractivity contribution in [1.82, 2.24) is 5.32 Å². The van der Waals surface area contributed by atoms with Gasteiger partial charge in [0, 0.05) is 18.8 Å². The number of carbonyl (C=O) groups is 1. The molecule has 0 bridgehead atoms. The van der Waals surface area contributed by atoms with Crippen molar-refractivity contribution in [3.8, 4) is 0 Å². The van der Waals surface area contributed by atoms with Gasteiger partial charge in [0.25, 0.3) is 0 Å². The molecule has 1 aliphatic rings. The first-order valence-corrected chi connectivity index (χ1v) is 8.01. The number of carboxylic acid groups (broad SMARTS) is 1. The van der Waals surface area contributed by atoms with E-state index in [1.807, 2.05) is 12.1 Å². The molecule has 0 spiro atoms. The summed E-state index contributed by atoms with van der Waals surface area (Å²) >= 11 is 0. The molecule has 1 aliphatic carbocycles. The summed E-state index contributed by atoms with van der Waals surface area (Å²) in [5.74, 6) is 0.696. The molecule has 0 radical (unpaired) electrons. The van der Waals surface area contributed by atoms with Gasteiger partial charge in [-0.05, 0) is 42.9 Å². The summed E-state index contributed by atoms with van der Waals surface area (Å²) in [7, 11) is 0. The summed E-state index contributed by atoms with van der Waals surface area (Å²) in [6.45, 7) is 0.954. The number of hydrogen-bond donors (Lipinski definition) is 4. The van der Waals surface area contributed by atoms with Crippen LogP contribution in [-0.4, -0.2) is 29.4 Å². The molecule has 0 heterocycles. The molecule has 1 aromatic rings. The van der Waals surface area contributed by atoms with Crippen LogP contribution in [0.1, 0.15) is 51.5 Å². The zero-order valence-electron chi connectivity index (χ0n) is 13.8. The number of aliphatic hydroxyl groups is 1. The molecule has 1 saturated carbocycles. The molecule has 1 amide bonds. The molecular weight excluding hydrogens is 280 g/mol. The molecular formula is C17H26N2O3. The minimum atomic E-state index is -1.80. The molecule has 5 heteroatoms. The van der Waals surface area contributed by atoms with Crippen molar-refractivity contribution in [2.45, 2.75) is 44.6 Å². The highest BCUT2D eigenvalue weighted by Crippen LogP contribution is 2.25. The van der Waals surface area contributed by atoms with Crippen LogP contribution in [0.3, 0.4) is 0 Å². The van der Waals surface area contributed by atoms with E-state index in [2.05, 4.69) is 10.6 Å². The number of amides is 1. The van der Waals surface area contributed by atoms with E-state index in [9.17, 15) is 9.90 Å². The van der Waals surface area contributed by atoms with Gasteiger partial charge in [-0.15, -0.1) is 0 Å². The molecule has 1 atom stereocenters. The van der Waals surface area contributed by atoms with Gasteiger partial charge in [-0.3, -0.25) is 0 Å². The summed E-state index contributed by atoms with van der Waals surface area (Å²) in [6.07, 6.45) is 3.51. The summed E-state index contributed by atoms with van der Waals surface area (Å²) in [6, 6.07) is 7.21. The molecule has 1 unspecified atom stereocenters. The fourth-order valence-corrected chi connectivity index (χ4v) is 2.89. The average Bonchev–Trinajstić information content (AvgIpc) is 2.54. The number of benzene rings is 1. The third kappa shape index (κ3) is 5.56. The van der Waals surface area contributed by atoms with Gasteiger partial charge in [0.05, 0.1) is 7.45 Å². The van der Waals surface area contributed by atoms with Gasteiger partial charge >= 0.3 is 6.09 Å². The zero-order chi connectivity index (χ0) is 16.7. The third-order valence-electron chi connectivity index (χ3n) is 4.15. The van der Waals surface area contributed by atoms with E-state index < -0.39 is 12.2 Å². The highest BCUT2D eigenvalue weighted by molar-refractivity contribution is 5.64. The molecule has 1 aromatic carbocycles. The van der Waals surface area contributed by atoms with Crippen LogP contribution >= 0.6 is 0 Å². The van der Waals surface area contributed by atoms with Crippen molar-refractivity contribution in [1.29, 1.82) is 0 Å². The fourth-order valence-electron chi connectivity index (χ4n) is 2.89. The van der Waals surface area contributed by atoms with Crippen LogP contribution in [0.4, 0.5) is 10.5 Å². The van der Waals surface area contributed by atoms with Crippen molar-refractivity contribution in [2.24, 2.45) is 5.92 Å². The van der Waals surface area contributed by atoms with E-state index in [4.69, 9.17) is 6.48 Å². The van der Waals surface area contributed by atoms with E-state index in [0.717, 1.165) is 12.2 Å². The summed E-state index contributed by atoms with van der Waals surface area (Å²) in [5, 5.41) is 24.4. The van der Waals surface area contributed by atoms with Crippen molar-refractivity contribution < 1.29 is 16.4 Å². The maximum atomic E-state index is 10.4. The Morgan fingerprint density at radius 3 is 2.86 bits per heavy atom. The predicted octanol–water partition coefficient (Wildman–Crippen LogP) is 3.37. The van der Waals surface area contributed by atoms with Gasteiger partial charge in [-0.25, -0.2) is 4.79 Å². The summed E-state index contributed by atoms with van der Waals surface area (Å²) in [4.78, 5) is 10.4. The first-order chi connectivity index (χ1) is 11.0. The first kappa shape index (κ1) is 15.2. The highest BCUT2D eigenvalue weighted by Gasteiger charge is 2.13. The maximum Gasteiger partial charge on any atom is 0.404 e. The molecule has 22 heavy (non-hydrogen) atoms. The lowest BCUT2D eigenvalue weighted by atomic mass is 9.89. The largest absolute Gasteiger partial charge is 0.465 e. The molecule has 1 fully saturated rings. The van der Waals surface area contributed by atoms with Crippen LogP contribution < -0.4 is 10.6 Å². The molecule has 5 nitrogen and oxygen atoms in total. The Bertz CT molecular complexity index is 516. The van der Waals surface area contributed by atoms with Crippen LogP contribution in [0.25, 0.3) is 0 Å². The number of nitrogens with one attached hydrogen (secondary N) is 2. The molecule has 0 saturated heterocycles. The lowest BCUT2D eigenvalue weighted by molar-refractivity contribution is 0.162. The van der Waals surface area contributed by atoms with Crippen molar-refractivity contribution >= 4 is 11.8 Å². The van der Waals surface area contributed by atoms with Crippen LogP contribution in [0.15, 0.2) is 24.3 Å². The van der Waals surface area contributed by atoms with Crippen LogP contribution in [0.2, 0.25) is 0 Å². The Morgan fingerprint density at radius 1 is 1.36 bits per heavy atom. The van der Waals surface area contributed by atoms with Gasteiger partial charge in [0.1, 0.15) is 0 Å². The fraction of sp³-hybridized carbons (Fsp3) is 0.588. The lowest BCUT2D eigenvalue weighted by Gasteiger charge is -2.22. The first-order valence-electron chi connectivity index (χ1n) is 8.51. The second kappa shape index (κ2) is 8.63. The maximum absolute atomic E-state index is 10.4. The van der Waals surface area contributed by atoms with Crippen molar-refractivity contribution in [2.75, 3.05) is 18.4 Å². The van der Waals surface area contributed by atoms with E-state index in [1.54, 1.807) is 12.1 Å². The minimum Gasteiger partial charge on any atom is -0.465 e. The molecule has 0 aliphatic heterocycles. The second-order valence-electron chi connectivity index (χ2n) is 5.89. The molecule has 122 valence electrons. The summed E-state index contributed by atoms with van der Waals surface area (Å²) < 4.78 is 8.03. The summed E-state index contributed by atoms with van der Waals surface area (Å²) in [5.41, 5.74) is 1.36. The third-order valence-corrected chi connectivity index (χ3v) is 4.15. The quantitative estimate of drug-likeness (QED) is 0.622. The smallest absolute Gasteiger partial charge is 0.404 e. The Morgan fingerprint density at radius 2 is 2.14 bits per heavy atom. The van der Waals surface area contributed by atoms with Crippen LogP contribution in [0, 0.1) is 5.92 Å². The number of anilines is 1. The Labute approximate surface area is 133 Å². The second-order valence-corrected chi connectivity index (χ2v) is 5.89. The van der Waals surface area contributed by atoms with Gasteiger partial charge in [-0.2, -0.15) is 0 Å². The molecule has 2 rings (SSSR count). The van der Waals surface area contributed by atoms with Crippen LogP contribution in [-0.2, 0) is 0 Å². The SMILES string of the molecule is [2H]C(O)(CCNC(=O)O)c1cccc(NCC2CCCCC2)c1. The van der Waals surface area contributed by atoms with E-state index in [0.29, 0.717) is 11.5 Å².